The molecule has 0 aliphatic rings. The van der Waals surface area contributed by atoms with Crippen LogP contribution in [0.1, 0.15) is 5.71 Å². The fraction of sp³-hybridized carbons (Fsp3) is 0. The summed E-state index contributed by atoms with van der Waals surface area (Å²) in [6.45, 7) is 0. The van der Waals surface area contributed by atoms with Gasteiger partial charge in [0.2, 0.25) is 0 Å². The Kier molecular flexibility index (Phi) is 56.1. The molecule has 0 radical (unpaired) electrons. The summed E-state index contributed by atoms with van der Waals surface area (Å²) >= 11 is 0. The van der Waals surface area contributed by atoms with Crippen molar-refractivity contribution in [3.63, 3.8) is 0 Å². The summed E-state index contributed by atoms with van der Waals surface area (Å²) < 4.78 is 8.88. The number of hydrogen-bond acceptors (Lipinski definition) is 1. The molecule has 9 heavy (non-hydrogen) atoms. The van der Waals surface area contributed by atoms with Crippen LogP contribution >= 0.6 is 7.82 Å². The maximum absolute atomic E-state index is 8.88. The first-order chi connectivity index (χ1) is 2.00. The Morgan fingerprint density at radius 2 is 0.889 bits per heavy atom. The van der Waals surface area contributed by atoms with Crippen LogP contribution in [0.2, 0.25) is 0 Å². The van der Waals surface area contributed by atoms with Crippen molar-refractivity contribution in [1.29, 1.82) is 0 Å². The van der Waals surface area contributed by atoms with E-state index < -0.39 is 7.82 Å². The van der Waals surface area contributed by atoms with Crippen LogP contribution in [-0.2, 0) is 4.57 Å². The molecule has 0 rings (SSSR count). The smallest absolute Gasteiger partial charge is 1.00 e. The van der Waals surface area contributed by atoms with Gasteiger partial charge in [-0.3, -0.25) is 0 Å². The molecule has 0 bridgehead atoms. The van der Waals surface area contributed by atoms with Gasteiger partial charge in [-0.15, -0.1) is 0 Å². The fourth-order valence-electron chi connectivity index (χ4n) is 0. The van der Waals surface area contributed by atoms with Crippen LogP contribution in [0.4, 0.5) is 0 Å². The topological polar surface area (TPSA) is 77.8 Å². The Morgan fingerprint density at radius 3 is 0.889 bits per heavy atom. The van der Waals surface area contributed by atoms with E-state index in [9.17, 15) is 0 Å². The van der Waals surface area contributed by atoms with Crippen LogP contribution in [0, 0.1) is 0 Å². The normalized spacial score (nSPS) is 6.56. The monoisotopic (exact) mass is 258 g/mol. The van der Waals surface area contributed by atoms with E-state index in [-0.39, 0.29) is 211 Å². The third-order valence-electron chi connectivity index (χ3n) is 0. The maximum Gasteiger partial charge on any atom is 1.00 e. The minimum atomic E-state index is -4.64. The van der Waals surface area contributed by atoms with Crippen molar-refractivity contribution in [1.82, 2.24) is 0 Å². The Labute approximate surface area is 230 Å². The molecular formula is H7K4O4P. The molecule has 0 aliphatic heterocycles. The van der Waals surface area contributed by atoms with Crippen molar-refractivity contribution in [2.75, 3.05) is 0 Å². The molecule has 0 saturated heterocycles. The molecule has 3 N–H and O–H groups in total. The second kappa shape index (κ2) is 17.1. The van der Waals surface area contributed by atoms with Crippen LogP contribution in [0.15, 0.2) is 0 Å². The Morgan fingerprint density at radius 1 is 0.889 bits per heavy atom. The molecule has 0 saturated carbocycles. The summed E-state index contributed by atoms with van der Waals surface area (Å²) in [6.07, 6.45) is 0. The molecule has 0 aromatic rings. The Bertz CT molecular complexity index is 70.3. The number of phosphoric acid groups is 1. The SMILES string of the molecule is O=P(O)(O)O.[H-].[H-].[H-].[H-].[K+].[K+].[K+].[K+]. The van der Waals surface area contributed by atoms with Gasteiger partial charge in [-0.25, -0.2) is 4.57 Å². The van der Waals surface area contributed by atoms with Gasteiger partial charge in [0.05, 0.1) is 0 Å². The van der Waals surface area contributed by atoms with Gasteiger partial charge >= 0.3 is 213 Å². The van der Waals surface area contributed by atoms with Crippen molar-refractivity contribution >= 4 is 7.82 Å². The standard InChI is InChI=1S/4K.H3O4P.4H/c;;;;1-5(2,3)4;;;;/h;;;;(H3,1,2,3,4);;;;/q4*+1;;4*-1. The predicted molar refractivity (Wildman–Crippen MR) is 18.7 cm³/mol. The van der Waals surface area contributed by atoms with Crippen molar-refractivity contribution < 1.29 is 230 Å². The maximum atomic E-state index is 8.88. The van der Waals surface area contributed by atoms with Crippen LogP contribution < -0.4 is 206 Å². The van der Waals surface area contributed by atoms with Gasteiger partial charge in [0.1, 0.15) is 0 Å². The van der Waals surface area contributed by atoms with E-state index in [1.54, 1.807) is 0 Å². The van der Waals surface area contributed by atoms with E-state index in [1.807, 2.05) is 0 Å². The summed E-state index contributed by atoms with van der Waals surface area (Å²) in [5, 5.41) is 0. The van der Waals surface area contributed by atoms with Gasteiger partial charge < -0.3 is 20.4 Å². The molecule has 0 aliphatic carbocycles. The molecule has 4 nitrogen and oxygen atoms in total. The predicted octanol–water partition coefficient (Wildman–Crippen LogP) is -12.5. The molecule has 0 atom stereocenters. The van der Waals surface area contributed by atoms with Gasteiger partial charge in [0.25, 0.3) is 0 Å². The molecule has 0 spiro atoms. The number of rotatable bonds is 0. The van der Waals surface area contributed by atoms with Crippen LogP contribution in [0.25, 0.3) is 0 Å². The second-order valence-electron chi connectivity index (χ2n) is 0.513. The van der Waals surface area contributed by atoms with Crippen LogP contribution in [-0.4, -0.2) is 14.7 Å². The first-order valence-electron chi connectivity index (χ1n) is 0.783. The quantitative estimate of drug-likeness (QED) is 0.298. The minimum Gasteiger partial charge on any atom is -1.00 e. The van der Waals surface area contributed by atoms with Gasteiger partial charge in [0.15, 0.2) is 0 Å². The van der Waals surface area contributed by atoms with Crippen molar-refractivity contribution in [2.24, 2.45) is 0 Å². The van der Waals surface area contributed by atoms with Gasteiger partial charge in [0, 0.05) is 0 Å². The molecule has 0 aromatic heterocycles. The second-order valence-corrected chi connectivity index (χ2v) is 1.54. The van der Waals surface area contributed by atoms with Gasteiger partial charge in [-0.05, 0) is 0 Å². The van der Waals surface area contributed by atoms with Crippen molar-refractivity contribution in [3.05, 3.63) is 0 Å². The zero-order valence-corrected chi connectivity index (χ0v) is 19.6. The molecule has 0 aromatic carbocycles. The Hall–Kier alpha value is 6.66. The Balaban J connectivity index is -0.00000000286. The van der Waals surface area contributed by atoms with Crippen molar-refractivity contribution in [2.45, 2.75) is 0 Å². The summed E-state index contributed by atoms with van der Waals surface area (Å²) in [6, 6.07) is 0. The summed E-state index contributed by atoms with van der Waals surface area (Å²) in [7, 11) is -4.64. The van der Waals surface area contributed by atoms with E-state index in [4.69, 9.17) is 19.2 Å². The third-order valence-corrected chi connectivity index (χ3v) is 0. The first kappa shape index (κ1) is 29.6. The largest absolute Gasteiger partial charge is 1.00 e. The average Bonchev–Trinajstić information content (AvgIpc) is 0.722. The van der Waals surface area contributed by atoms with E-state index in [0.717, 1.165) is 0 Å². The molecule has 40 valence electrons. The van der Waals surface area contributed by atoms with Crippen LogP contribution in [0.3, 0.4) is 0 Å². The van der Waals surface area contributed by atoms with Crippen molar-refractivity contribution in [3.8, 4) is 0 Å². The first-order valence-corrected chi connectivity index (χ1v) is 2.35. The zero-order valence-electron chi connectivity index (χ0n) is 10.2. The molecular weight excluding hydrogens is 251 g/mol. The molecule has 0 heterocycles. The minimum absolute atomic E-state index is 0. The van der Waals surface area contributed by atoms with E-state index in [2.05, 4.69) is 0 Å². The van der Waals surface area contributed by atoms with E-state index in [1.165, 1.54) is 0 Å². The molecule has 0 unspecified atom stereocenters. The summed E-state index contributed by atoms with van der Waals surface area (Å²) in [5.74, 6) is 0. The molecule has 9 heteroatoms. The summed E-state index contributed by atoms with van der Waals surface area (Å²) in [5.41, 5.74) is 0. The fourth-order valence-corrected chi connectivity index (χ4v) is 0. The van der Waals surface area contributed by atoms with E-state index in [0.29, 0.717) is 0 Å². The molecule has 0 amide bonds. The van der Waals surface area contributed by atoms with Gasteiger partial charge in [-0.1, -0.05) is 0 Å². The molecule has 0 fully saturated rings. The third kappa shape index (κ3) is 53.0. The zero-order chi connectivity index (χ0) is 4.50. The van der Waals surface area contributed by atoms with E-state index >= 15 is 0 Å². The van der Waals surface area contributed by atoms with Gasteiger partial charge in [-0.2, -0.15) is 0 Å². The van der Waals surface area contributed by atoms with Crippen LogP contribution in [0.5, 0.6) is 0 Å². The summed E-state index contributed by atoms with van der Waals surface area (Å²) in [4.78, 5) is 21.6. The number of hydrogen-bond donors (Lipinski definition) is 3. The average molecular weight is 258 g/mol.